The SMILES string of the molecule is CC(=O)N1[C@H](CO)[C@H](c2ccc(-c3ccncc3)cc2)[C@@H]1CNC(=O)CC1CC1. The Morgan fingerprint density at radius 1 is 1.07 bits per heavy atom. The van der Waals surface area contributed by atoms with Gasteiger partial charge >= 0.3 is 0 Å². The largest absolute Gasteiger partial charge is 0.394 e. The van der Waals surface area contributed by atoms with E-state index in [0.29, 0.717) is 18.9 Å². The molecule has 6 nitrogen and oxygen atoms in total. The number of nitrogens with zero attached hydrogens (tertiary/aromatic N) is 2. The second-order valence-electron chi connectivity index (χ2n) is 8.08. The standard InChI is InChI=1S/C23H27N3O3/c1-15(28)26-20(13-25-22(29)12-16-2-3-16)23(21(26)14-27)19-6-4-17(5-7-19)18-8-10-24-11-9-18/h4-11,16,20-21,23,27H,2-3,12-14H2,1H3,(H,25,29)/t20-,21+,23+/m0/s1. The van der Waals surface area contributed by atoms with Gasteiger partial charge in [0.05, 0.1) is 18.7 Å². The molecule has 1 saturated heterocycles. The van der Waals surface area contributed by atoms with Crippen LogP contribution >= 0.6 is 0 Å². The molecule has 0 spiro atoms. The molecule has 2 heterocycles. The van der Waals surface area contributed by atoms with Gasteiger partial charge in [-0.2, -0.15) is 0 Å². The van der Waals surface area contributed by atoms with Crippen LogP contribution in [-0.4, -0.2) is 52.0 Å². The molecule has 1 aromatic carbocycles. The van der Waals surface area contributed by atoms with Crippen molar-refractivity contribution in [2.24, 2.45) is 5.92 Å². The average Bonchev–Trinajstić information content (AvgIpc) is 3.52. The number of amides is 2. The number of aliphatic hydroxyl groups is 1. The number of nitrogens with one attached hydrogen (secondary N) is 1. The van der Waals surface area contributed by atoms with E-state index < -0.39 is 0 Å². The molecule has 0 bridgehead atoms. The molecule has 6 heteroatoms. The maximum atomic E-state index is 12.2. The zero-order valence-corrected chi connectivity index (χ0v) is 16.6. The Hall–Kier alpha value is -2.73. The van der Waals surface area contributed by atoms with Crippen LogP contribution in [0.3, 0.4) is 0 Å². The number of aliphatic hydroxyl groups excluding tert-OH is 1. The number of rotatable bonds is 7. The number of pyridine rings is 1. The van der Waals surface area contributed by atoms with Crippen LogP contribution in [0.4, 0.5) is 0 Å². The minimum Gasteiger partial charge on any atom is -0.394 e. The van der Waals surface area contributed by atoms with Gasteiger partial charge in [0.15, 0.2) is 0 Å². The highest BCUT2D eigenvalue weighted by atomic mass is 16.3. The zero-order chi connectivity index (χ0) is 20.4. The van der Waals surface area contributed by atoms with E-state index >= 15 is 0 Å². The maximum absolute atomic E-state index is 12.2. The maximum Gasteiger partial charge on any atom is 0.220 e. The number of aromatic nitrogens is 1. The van der Waals surface area contributed by atoms with Gasteiger partial charge in [0, 0.05) is 38.2 Å². The molecule has 2 aliphatic rings. The number of carbonyl (C=O) groups is 2. The van der Waals surface area contributed by atoms with Crippen LogP contribution in [0, 0.1) is 5.92 Å². The van der Waals surface area contributed by atoms with E-state index in [1.54, 1.807) is 17.3 Å². The van der Waals surface area contributed by atoms with Gasteiger partial charge in [-0.15, -0.1) is 0 Å². The summed E-state index contributed by atoms with van der Waals surface area (Å²) < 4.78 is 0. The van der Waals surface area contributed by atoms with Crippen molar-refractivity contribution in [1.29, 1.82) is 0 Å². The Morgan fingerprint density at radius 2 is 1.72 bits per heavy atom. The quantitative estimate of drug-likeness (QED) is 0.756. The van der Waals surface area contributed by atoms with E-state index in [4.69, 9.17) is 0 Å². The molecule has 2 aromatic rings. The van der Waals surface area contributed by atoms with E-state index in [2.05, 4.69) is 34.6 Å². The van der Waals surface area contributed by atoms with Crippen molar-refractivity contribution in [2.45, 2.75) is 44.2 Å². The Balaban J connectivity index is 1.50. The Labute approximate surface area is 171 Å². The van der Waals surface area contributed by atoms with Crippen molar-refractivity contribution < 1.29 is 14.7 Å². The fourth-order valence-corrected chi connectivity index (χ4v) is 4.40. The van der Waals surface area contributed by atoms with Gasteiger partial charge in [-0.1, -0.05) is 24.3 Å². The number of hydrogen-bond donors (Lipinski definition) is 2. The first-order valence-electron chi connectivity index (χ1n) is 10.2. The van der Waals surface area contributed by atoms with Crippen molar-refractivity contribution in [2.75, 3.05) is 13.2 Å². The van der Waals surface area contributed by atoms with E-state index in [0.717, 1.165) is 29.5 Å². The van der Waals surface area contributed by atoms with Gasteiger partial charge in [0.2, 0.25) is 11.8 Å². The van der Waals surface area contributed by atoms with Crippen LogP contribution in [0.25, 0.3) is 11.1 Å². The summed E-state index contributed by atoms with van der Waals surface area (Å²) in [5.41, 5.74) is 3.25. The van der Waals surface area contributed by atoms with Crippen LogP contribution in [0.2, 0.25) is 0 Å². The molecule has 4 rings (SSSR count). The molecule has 0 radical (unpaired) electrons. The van der Waals surface area contributed by atoms with Crippen molar-refractivity contribution >= 4 is 11.8 Å². The third-order valence-corrected chi connectivity index (χ3v) is 6.08. The van der Waals surface area contributed by atoms with Gasteiger partial charge in [-0.05, 0) is 47.6 Å². The second kappa shape index (κ2) is 8.33. The van der Waals surface area contributed by atoms with Crippen molar-refractivity contribution in [1.82, 2.24) is 15.2 Å². The van der Waals surface area contributed by atoms with Crippen LogP contribution in [0.5, 0.6) is 0 Å². The first kappa shape index (κ1) is 19.6. The minimum atomic E-state index is -0.260. The molecule has 2 N–H and O–H groups in total. The lowest BCUT2D eigenvalue weighted by molar-refractivity contribution is -0.148. The predicted octanol–water partition coefficient (Wildman–Crippen LogP) is 2.34. The smallest absolute Gasteiger partial charge is 0.220 e. The van der Waals surface area contributed by atoms with E-state index in [1.165, 1.54) is 6.92 Å². The molecule has 1 aromatic heterocycles. The van der Waals surface area contributed by atoms with Crippen molar-refractivity contribution in [3.63, 3.8) is 0 Å². The third-order valence-electron chi connectivity index (χ3n) is 6.08. The van der Waals surface area contributed by atoms with Gasteiger partial charge in [0.1, 0.15) is 0 Å². The summed E-state index contributed by atoms with van der Waals surface area (Å²) in [4.78, 5) is 30.1. The molecule has 152 valence electrons. The molecule has 2 amide bonds. The highest BCUT2D eigenvalue weighted by molar-refractivity contribution is 5.78. The molecule has 1 saturated carbocycles. The Kier molecular flexibility index (Phi) is 5.62. The molecular formula is C23H27N3O3. The minimum absolute atomic E-state index is 0.00313. The van der Waals surface area contributed by atoms with E-state index in [1.807, 2.05) is 12.1 Å². The molecular weight excluding hydrogens is 366 g/mol. The van der Waals surface area contributed by atoms with Crippen LogP contribution in [-0.2, 0) is 9.59 Å². The summed E-state index contributed by atoms with van der Waals surface area (Å²) in [7, 11) is 0. The summed E-state index contributed by atoms with van der Waals surface area (Å²) in [5, 5.41) is 12.9. The number of likely N-dealkylation sites (tertiary alicyclic amines) is 1. The molecule has 29 heavy (non-hydrogen) atoms. The van der Waals surface area contributed by atoms with Crippen molar-refractivity contribution in [3.05, 3.63) is 54.4 Å². The van der Waals surface area contributed by atoms with E-state index in [-0.39, 0.29) is 36.4 Å². The average molecular weight is 393 g/mol. The lowest BCUT2D eigenvalue weighted by Crippen LogP contribution is -2.68. The summed E-state index contributed by atoms with van der Waals surface area (Å²) in [6.45, 7) is 1.84. The highest BCUT2D eigenvalue weighted by Gasteiger charge is 2.50. The molecule has 1 aliphatic heterocycles. The van der Waals surface area contributed by atoms with Crippen LogP contribution in [0.15, 0.2) is 48.8 Å². The zero-order valence-electron chi connectivity index (χ0n) is 16.6. The molecule has 0 unspecified atom stereocenters. The topological polar surface area (TPSA) is 82.5 Å². The lowest BCUT2D eigenvalue weighted by atomic mass is 9.74. The number of hydrogen-bond acceptors (Lipinski definition) is 4. The number of benzene rings is 1. The Bertz CT molecular complexity index is 865. The summed E-state index contributed by atoms with van der Waals surface area (Å²) in [6, 6.07) is 11.7. The monoisotopic (exact) mass is 393 g/mol. The fourth-order valence-electron chi connectivity index (χ4n) is 4.40. The summed E-state index contributed by atoms with van der Waals surface area (Å²) >= 11 is 0. The fraction of sp³-hybridized carbons (Fsp3) is 0.435. The van der Waals surface area contributed by atoms with E-state index in [9.17, 15) is 14.7 Å². The normalized spacial score (nSPS) is 23.4. The lowest BCUT2D eigenvalue weighted by Gasteiger charge is -2.54. The van der Waals surface area contributed by atoms with Crippen molar-refractivity contribution in [3.8, 4) is 11.1 Å². The summed E-state index contributed by atoms with van der Waals surface area (Å²) in [5.74, 6) is 0.504. The number of carbonyl (C=O) groups excluding carboxylic acids is 2. The predicted molar refractivity (Wildman–Crippen MR) is 110 cm³/mol. The molecule has 2 fully saturated rings. The second-order valence-corrected chi connectivity index (χ2v) is 8.08. The van der Waals surface area contributed by atoms with Gasteiger partial charge < -0.3 is 15.3 Å². The van der Waals surface area contributed by atoms with Gasteiger partial charge in [-0.25, -0.2) is 0 Å². The third kappa shape index (κ3) is 4.17. The van der Waals surface area contributed by atoms with Gasteiger partial charge in [0.25, 0.3) is 0 Å². The summed E-state index contributed by atoms with van der Waals surface area (Å²) in [6.07, 6.45) is 6.37. The van der Waals surface area contributed by atoms with Gasteiger partial charge in [-0.3, -0.25) is 14.6 Å². The van der Waals surface area contributed by atoms with Crippen LogP contribution in [0.1, 0.15) is 37.7 Å². The molecule has 1 aliphatic carbocycles. The first-order valence-corrected chi connectivity index (χ1v) is 10.2. The van der Waals surface area contributed by atoms with Crippen LogP contribution < -0.4 is 5.32 Å². The highest BCUT2D eigenvalue weighted by Crippen LogP contribution is 2.41. The molecule has 3 atom stereocenters. The first-order chi connectivity index (χ1) is 14.1. The Morgan fingerprint density at radius 3 is 2.31 bits per heavy atom.